The van der Waals surface area contributed by atoms with Gasteiger partial charge in [0.15, 0.2) is 0 Å². The van der Waals surface area contributed by atoms with E-state index in [0.717, 1.165) is 0 Å². The maximum atomic E-state index is 11.2. The third kappa shape index (κ3) is 9.72. The van der Waals surface area contributed by atoms with Crippen LogP contribution in [-0.2, 0) is 19.7 Å². The van der Waals surface area contributed by atoms with Gasteiger partial charge in [0, 0.05) is 13.0 Å². The Kier molecular flexibility index (Phi) is 6.69. The van der Waals surface area contributed by atoms with E-state index in [4.69, 9.17) is 10.8 Å². The predicted octanol–water partition coefficient (Wildman–Crippen LogP) is -1.77. The molecule has 0 rings (SSSR count). The average Bonchev–Trinajstić information content (AvgIpc) is 2.13. The van der Waals surface area contributed by atoms with Crippen LogP contribution in [-0.4, -0.2) is 48.3 Å². The highest BCUT2D eigenvalue weighted by Gasteiger charge is 2.15. The number of nitrogens with one attached hydrogen (secondary N) is 1. The molecular formula is C8H15N2O6S-. The first-order valence-electron chi connectivity index (χ1n) is 4.91. The highest BCUT2D eigenvalue weighted by molar-refractivity contribution is 7.85. The van der Waals surface area contributed by atoms with Crippen molar-refractivity contribution in [2.45, 2.75) is 25.3 Å². The van der Waals surface area contributed by atoms with Gasteiger partial charge in [0.25, 0.3) is 0 Å². The van der Waals surface area contributed by atoms with Crippen LogP contribution < -0.4 is 11.1 Å². The summed E-state index contributed by atoms with van der Waals surface area (Å²) in [5, 5.41) is 10.6. The van der Waals surface area contributed by atoms with E-state index in [1.54, 1.807) is 0 Å². The summed E-state index contributed by atoms with van der Waals surface area (Å²) in [6.45, 7) is 0.193. The molecular weight excluding hydrogens is 252 g/mol. The quantitative estimate of drug-likeness (QED) is 0.348. The van der Waals surface area contributed by atoms with E-state index >= 15 is 0 Å². The Hall–Kier alpha value is -1.19. The van der Waals surface area contributed by atoms with E-state index in [1.165, 1.54) is 0 Å². The fraction of sp³-hybridized carbons (Fsp3) is 0.750. The van der Waals surface area contributed by atoms with E-state index in [2.05, 4.69) is 5.32 Å². The van der Waals surface area contributed by atoms with Gasteiger partial charge in [-0.15, -0.1) is 0 Å². The second kappa shape index (κ2) is 7.20. The molecule has 1 unspecified atom stereocenters. The topological polar surface area (TPSA) is 150 Å². The minimum absolute atomic E-state index is 0.00311. The smallest absolute Gasteiger partial charge is 0.303 e. The van der Waals surface area contributed by atoms with Gasteiger partial charge in [-0.05, 0) is 12.8 Å². The number of carbonyl (C=O) groups is 2. The molecule has 0 aliphatic heterocycles. The Morgan fingerprint density at radius 2 is 1.94 bits per heavy atom. The summed E-state index contributed by atoms with van der Waals surface area (Å²) < 4.78 is 30.9. The molecule has 1 amide bonds. The van der Waals surface area contributed by atoms with Gasteiger partial charge in [-0.3, -0.25) is 9.59 Å². The first-order valence-corrected chi connectivity index (χ1v) is 6.49. The Bertz CT molecular complexity index is 366. The highest BCUT2D eigenvalue weighted by atomic mass is 32.2. The first kappa shape index (κ1) is 15.8. The lowest BCUT2D eigenvalue weighted by Gasteiger charge is -2.14. The maximum Gasteiger partial charge on any atom is 0.303 e. The number of carboxylic acid groups (broad SMARTS) is 1. The Labute approximate surface area is 98.9 Å². The molecule has 9 heteroatoms. The molecule has 0 aliphatic carbocycles. The van der Waals surface area contributed by atoms with Gasteiger partial charge in [0.2, 0.25) is 5.91 Å². The summed E-state index contributed by atoms with van der Waals surface area (Å²) >= 11 is 0. The third-order valence-corrected chi connectivity index (χ3v) is 2.60. The largest absolute Gasteiger partial charge is 0.748 e. The van der Waals surface area contributed by atoms with E-state index < -0.39 is 33.8 Å². The molecule has 0 radical (unpaired) electrons. The molecule has 1 atom stereocenters. The molecule has 4 N–H and O–H groups in total. The number of nitrogens with two attached hydrogens (primary N) is 1. The summed E-state index contributed by atoms with van der Waals surface area (Å²) in [5.74, 6) is -2.61. The number of rotatable bonds is 8. The lowest BCUT2D eigenvalue weighted by atomic mass is 10.2. The standard InChI is InChI=1S/C8H16N2O6S/c9-6(5-17(14,15)16)8(13)10-4-2-1-3-7(11)12/h6H,1-5,9H2,(H,10,13)(H,11,12)(H,14,15,16)/p-1. The fourth-order valence-electron chi connectivity index (χ4n) is 1.04. The molecule has 0 aromatic heterocycles. The molecule has 100 valence electrons. The lowest BCUT2D eigenvalue weighted by molar-refractivity contribution is -0.137. The average molecular weight is 267 g/mol. The van der Waals surface area contributed by atoms with Crippen LogP contribution in [0, 0.1) is 0 Å². The number of unbranched alkanes of at least 4 members (excludes halogenated alkanes) is 1. The van der Waals surface area contributed by atoms with Crippen LogP contribution in [0.15, 0.2) is 0 Å². The van der Waals surface area contributed by atoms with Crippen molar-refractivity contribution in [3.8, 4) is 0 Å². The van der Waals surface area contributed by atoms with Gasteiger partial charge in [-0.1, -0.05) is 0 Å². The molecule has 0 aromatic carbocycles. The molecule has 0 saturated carbocycles. The van der Waals surface area contributed by atoms with Crippen molar-refractivity contribution in [2.75, 3.05) is 12.3 Å². The molecule has 0 bridgehead atoms. The van der Waals surface area contributed by atoms with Crippen molar-refractivity contribution in [1.29, 1.82) is 0 Å². The van der Waals surface area contributed by atoms with E-state index in [1.807, 2.05) is 0 Å². The SMILES string of the molecule is NC(CS(=O)(=O)[O-])C(=O)NCCCCC(=O)O. The van der Waals surface area contributed by atoms with Crippen molar-refractivity contribution < 1.29 is 27.7 Å². The number of aliphatic carboxylic acids is 1. The second-order valence-corrected chi connectivity index (χ2v) is 4.92. The van der Waals surface area contributed by atoms with E-state index in [9.17, 15) is 22.6 Å². The number of amides is 1. The zero-order chi connectivity index (χ0) is 13.5. The van der Waals surface area contributed by atoms with Gasteiger partial charge in [0.05, 0.1) is 21.9 Å². The summed E-state index contributed by atoms with van der Waals surface area (Å²) in [6, 6.07) is -1.39. The lowest BCUT2D eigenvalue weighted by Crippen LogP contribution is -2.45. The van der Waals surface area contributed by atoms with Crippen LogP contribution in [0.1, 0.15) is 19.3 Å². The molecule has 0 spiro atoms. The number of carbonyl (C=O) groups excluding carboxylic acids is 1. The van der Waals surface area contributed by atoms with Crippen LogP contribution in [0.25, 0.3) is 0 Å². The van der Waals surface area contributed by atoms with Crippen LogP contribution in [0.5, 0.6) is 0 Å². The van der Waals surface area contributed by atoms with Gasteiger partial charge in [-0.2, -0.15) is 0 Å². The number of hydrogen-bond donors (Lipinski definition) is 3. The number of carboxylic acids is 1. The molecule has 0 heterocycles. The van der Waals surface area contributed by atoms with Crippen LogP contribution >= 0.6 is 0 Å². The molecule has 17 heavy (non-hydrogen) atoms. The normalized spacial score (nSPS) is 13.1. The van der Waals surface area contributed by atoms with Crippen LogP contribution in [0.2, 0.25) is 0 Å². The Morgan fingerprint density at radius 1 is 1.35 bits per heavy atom. The van der Waals surface area contributed by atoms with Crippen LogP contribution in [0.4, 0.5) is 0 Å². The van der Waals surface area contributed by atoms with E-state index in [0.29, 0.717) is 12.8 Å². The first-order chi connectivity index (χ1) is 7.72. The van der Waals surface area contributed by atoms with E-state index in [-0.39, 0.29) is 13.0 Å². The van der Waals surface area contributed by atoms with Crippen molar-refractivity contribution in [2.24, 2.45) is 5.73 Å². The predicted molar refractivity (Wildman–Crippen MR) is 57.0 cm³/mol. The Balaban J connectivity index is 3.75. The molecule has 0 fully saturated rings. The number of hydrogen-bond acceptors (Lipinski definition) is 6. The minimum atomic E-state index is -4.53. The summed E-state index contributed by atoms with van der Waals surface area (Å²) in [5.41, 5.74) is 5.18. The van der Waals surface area contributed by atoms with Gasteiger partial charge >= 0.3 is 5.97 Å². The molecule has 0 aromatic rings. The van der Waals surface area contributed by atoms with Crippen molar-refractivity contribution in [1.82, 2.24) is 5.32 Å². The summed E-state index contributed by atoms with van der Waals surface area (Å²) in [7, 11) is -4.53. The minimum Gasteiger partial charge on any atom is -0.748 e. The van der Waals surface area contributed by atoms with Gasteiger partial charge in [-0.25, -0.2) is 8.42 Å². The Morgan fingerprint density at radius 3 is 2.41 bits per heavy atom. The monoisotopic (exact) mass is 267 g/mol. The zero-order valence-corrected chi connectivity index (χ0v) is 9.90. The van der Waals surface area contributed by atoms with Crippen LogP contribution in [0.3, 0.4) is 0 Å². The summed E-state index contributed by atoms with van der Waals surface area (Å²) in [4.78, 5) is 21.3. The van der Waals surface area contributed by atoms with Gasteiger partial charge < -0.3 is 20.7 Å². The fourth-order valence-corrected chi connectivity index (χ4v) is 1.63. The maximum absolute atomic E-state index is 11.2. The molecule has 0 aliphatic rings. The third-order valence-electron chi connectivity index (χ3n) is 1.84. The van der Waals surface area contributed by atoms with Crippen molar-refractivity contribution in [3.05, 3.63) is 0 Å². The summed E-state index contributed by atoms with van der Waals surface area (Å²) in [6.07, 6.45) is 0.830. The highest BCUT2D eigenvalue weighted by Crippen LogP contribution is 1.94. The zero-order valence-electron chi connectivity index (χ0n) is 9.09. The van der Waals surface area contributed by atoms with Crippen molar-refractivity contribution in [3.63, 3.8) is 0 Å². The second-order valence-electron chi connectivity index (χ2n) is 3.47. The van der Waals surface area contributed by atoms with Gasteiger partial charge in [0.1, 0.15) is 0 Å². The molecule has 0 saturated heterocycles. The van der Waals surface area contributed by atoms with Crippen molar-refractivity contribution >= 4 is 22.0 Å². The molecule has 8 nitrogen and oxygen atoms in total.